The first-order chi connectivity index (χ1) is 13.4. The van der Waals surface area contributed by atoms with E-state index >= 15 is 0 Å². The van der Waals surface area contributed by atoms with Crippen LogP contribution in [-0.2, 0) is 22.7 Å². The van der Waals surface area contributed by atoms with E-state index in [0.717, 1.165) is 30.3 Å². The summed E-state index contributed by atoms with van der Waals surface area (Å²) in [5, 5.41) is 0. The number of benzene rings is 2. The first kappa shape index (κ1) is 21.1. The van der Waals surface area contributed by atoms with Crippen LogP contribution < -0.4 is 10.5 Å². The van der Waals surface area contributed by atoms with Gasteiger partial charge in [0.1, 0.15) is 11.6 Å². The summed E-state index contributed by atoms with van der Waals surface area (Å²) < 4.78 is 81.5. The molecule has 156 valence electrons. The molecule has 0 spiro atoms. The summed E-state index contributed by atoms with van der Waals surface area (Å²) in [6.07, 6.45) is -4.51. The van der Waals surface area contributed by atoms with Gasteiger partial charge in [0.2, 0.25) is 10.0 Å². The van der Waals surface area contributed by atoms with Crippen LogP contribution in [-0.4, -0.2) is 18.0 Å². The second-order valence-corrected chi connectivity index (χ2v) is 8.16. The molecule has 3 aromatic rings. The summed E-state index contributed by atoms with van der Waals surface area (Å²) in [4.78, 5) is 4.07. The average molecular weight is 430 g/mol. The van der Waals surface area contributed by atoms with Crippen molar-refractivity contribution in [2.24, 2.45) is 0 Å². The molecule has 1 heterocycles. The van der Waals surface area contributed by atoms with E-state index in [-0.39, 0.29) is 28.5 Å². The number of aromatic nitrogens is 2. The SMILES string of the molecule is CCn1c([C@@H](C)NS(=O)(=O)c2ccc(F)c(N)c2)nc2ccc(C(F)(F)F)cc21. The van der Waals surface area contributed by atoms with Gasteiger partial charge in [0.15, 0.2) is 0 Å². The first-order valence-electron chi connectivity index (χ1n) is 8.58. The van der Waals surface area contributed by atoms with Gasteiger partial charge in [-0.05, 0) is 50.2 Å². The van der Waals surface area contributed by atoms with Crippen LogP contribution in [0.25, 0.3) is 11.0 Å². The Labute approximate surface area is 164 Å². The van der Waals surface area contributed by atoms with Gasteiger partial charge in [0.05, 0.1) is 33.2 Å². The van der Waals surface area contributed by atoms with Gasteiger partial charge in [0, 0.05) is 6.54 Å². The van der Waals surface area contributed by atoms with Crippen LogP contribution in [0.1, 0.15) is 31.3 Å². The van der Waals surface area contributed by atoms with E-state index in [9.17, 15) is 26.0 Å². The zero-order valence-electron chi connectivity index (χ0n) is 15.5. The number of rotatable bonds is 5. The zero-order chi connectivity index (χ0) is 21.6. The second kappa shape index (κ2) is 7.30. The highest BCUT2D eigenvalue weighted by Crippen LogP contribution is 2.32. The van der Waals surface area contributed by atoms with E-state index in [1.165, 1.54) is 17.6 Å². The number of nitrogens with one attached hydrogen (secondary N) is 1. The third-order valence-electron chi connectivity index (χ3n) is 4.42. The molecule has 0 saturated heterocycles. The number of aryl methyl sites for hydroxylation is 1. The molecule has 0 amide bonds. The minimum Gasteiger partial charge on any atom is -0.396 e. The molecule has 0 bridgehead atoms. The molecular formula is C18H18F4N4O2S. The van der Waals surface area contributed by atoms with Crippen LogP contribution in [0.5, 0.6) is 0 Å². The highest BCUT2D eigenvalue weighted by Gasteiger charge is 2.31. The van der Waals surface area contributed by atoms with Crippen molar-refractivity contribution < 1.29 is 26.0 Å². The molecule has 0 aliphatic carbocycles. The molecule has 2 aromatic carbocycles. The predicted molar refractivity (Wildman–Crippen MR) is 100.0 cm³/mol. The number of anilines is 1. The quantitative estimate of drug-likeness (QED) is 0.476. The van der Waals surface area contributed by atoms with Crippen molar-refractivity contribution in [1.29, 1.82) is 0 Å². The number of hydrogen-bond acceptors (Lipinski definition) is 4. The van der Waals surface area contributed by atoms with Gasteiger partial charge in [-0.15, -0.1) is 0 Å². The monoisotopic (exact) mass is 430 g/mol. The number of fused-ring (bicyclic) bond motifs is 1. The van der Waals surface area contributed by atoms with Crippen LogP contribution in [0.15, 0.2) is 41.3 Å². The van der Waals surface area contributed by atoms with Crippen molar-refractivity contribution in [3.63, 3.8) is 0 Å². The molecule has 3 rings (SSSR count). The number of nitrogens with two attached hydrogens (primary N) is 1. The minimum absolute atomic E-state index is 0.234. The summed E-state index contributed by atoms with van der Waals surface area (Å²) in [7, 11) is -4.07. The minimum atomic E-state index is -4.51. The van der Waals surface area contributed by atoms with Gasteiger partial charge in [0.25, 0.3) is 0 Å². The lowest BCUT2D eigenvalue weighted by Gasteiger charge is -2.16. The van der Waals surface area contributed by atoms with E-state index in [1.54, 1.807) is 6.92 Å². The van der Waals surface area contributed by atoms with Crippen LogP contribution in [0.2, 0.25) is 0 Å². The van der Waals surface area contributed by atoms with Gasteiger partial charge >= 0.3 is 6.18 Å². The Kier molecular flexibility index (Phi) is 5.30. The number of hydrogen-bond donors (Lipinski definition) is 2. The van der Waals surface area contributed by atoms with Gasteiger partial charge in [-0.3, -0.25) is 0 Å². The highest BCUT2D eigenvalue weighted by atomic mass is 32.2. The number of imidazole rings is 1. The molecule has 0 unspecified atom stereocenters. The van der Waals surface area contributed by atoms with E-state index in [1.807, 2.05) is 0 Å². The fourth-order valence-corrected chi connectivity index (χ4v) is 4.26. The number of nitrogen functional groups attached to an aromatic ring is 1. The van der Waals surface area contributed by atoms with Crippen molar-refractivity contribution in [3.05, 3.63) is 53.6 Å². The smallest absolute Gasteiger partial charge is 0.396 e. The maximum atomic E-state index is 13.3. The average Bonchev–Trinajstić information content (AvgIpc) is 3.00. The molecular weight excluding hydrogens is 412 g/mol. The zero-order valence-corrected chi connectivity index (χ0v) is 16.3. The maximum absolute atomic E-state index is 13.3. The predicted octanol–water partition coefficient (Wildman–Crippen LogP) is 3.84. The lowest BCUT2D eigenvalue weighted by atomic mass is 10.2. The molecule has 0 saturated carbocycles. The van der Waals surface area contributed by atoms with Crippen molar-refractivity contribution >= 4 is 26.7 Å². The Morgan fingerprint density at radius 3 is 2.48 bits per heavy atom. The van der Waals surface area contributed by atoms with E-state index in [4.69, 9.17) is 5.73 Å². The van der Waals surface area contributed by atoms with Crippen LogP contribution >= 0.6 is 0 Å². The molecule has 0 aliphatic rings. The van der Waals surface area contributed by atoms with E-state index < -0.39 is 33.6 Å². The van der Waals surface area contributed by atoms with Crippen molar-refractivity contribution in [3.8, 4) is 0 Å². The largest absolute Gasteiger partial charge is 0.416 e. The van der Waals surface area contributed by atoms with Crippen LogP contribution in [0.3, 0.4) is 0 Å². The summed E-state index contributed by atoms with van der Waals surface area (Å²) in [5.74, 6) is -0.495. The number of alkyl halides is 3. The molecule has 3 N–H and O–H groups in total. The summed E-state index contributed by atoms with van der Waals surface area (Å²) >= 11 is 0. The van der Waals surface area contributed by atoms with E-state index in [2.05, 4.69) is 9.71 Å². The number of halogens is 4. The summed E-state index contributed by atoms with van der Waals surface area (Å²) in [6.45, 7) is 3.51. The molecule has 0 aliphatic heterocycles. The van der Waals surface area contributed by atoms with Crippen molar-refractivity contribution in [2.45, 2.75) is 37.5 Å². The lowest BCUT2D eigenvalue weighted by molar-refractivity contribution is -0.137. The molecule has 6 nitrogen and oxygen atoms in total. The molecule has 1 atom stereocenters. The topological polar surface area (TPSA) is 90.0 Å². The Balaban J connectivity index is 2.00. The Morgan fingerprint density at radius 2 is 1.90 bits per heavy atom. The number of sulfonamides is 1. The molecule has 0 fully saturated rings. The normalized spacial score (nSPS) is 13.7. The molecule has 11 heteroatoms. The van der Waals surface area contributed by atoms with Gasteiger partial charge in [-0.1, -0.05) is 0 Å². The fraction of sp³-hybridized carbons (Fsp3) is 0.278. The second-order valence-electron chi connectivity index (χ2n) is 6.44. The fourth-order valence-electron chi connectivity index (χ4n) is 3.02. The maximum Gasteiger partial charge on any atom is 0.416 e. The Hall–Kier alpha value is -2.66. The third-order valence-corrected chi connectivity index (χ3v) is 5.96. The standard InChI is InChI=1S/C18H18F4N4O2S/c1-3-26-16-8-11(18(20,21)22)4-7-15(16)24-17(26)10(2)25-29(27,28)12-5-6-13(19)14(23)9-12/h4-10,25H,3,23H2,1-2H3/t10-/m1/s1. The summed E-state index contributed by atoms with van der Waals surface area (Å²) in [6, 6.07) is 5.28. The van der Waals surface area contributed by atoms with Crippen molar-refractivity contribution in [2.75, 3.05) is 5.73 Å². The Morgan fingerprint density at radius 1 is 1.21 bits per heavy atom. The van der Waals surface area contributed by atoms with E-state index in [0.29, 0.717) is 5.52 Å². The van der Waals surface area contributed by atoms with Crippen LogP contribution in [0, 0.1) is 5.82 Å². The molecule has 1 aromatic heterocycles. The van der Waals surface area contributed by atoms with Gasteiger partial charge in [-0.2, -0.15) is 13.2 Å². The Bertz CT molecular complexity index is 1170. The molecule has 29 heavy (non-hydrogen) atoms. The van der Waals surface area contributed by atoms with Gasteiger partial charge < -0.3 is 10.3 Å². The lowest BCUT2D eigenvalue weighted by Crippen LogP contribution is -2.29. The van der Waals surface area contributed by atoms with Gasteiger partial charge in [-0.25, -0.2) is 22.5 Å². The molecule has 0 radical (unpaired) electrons. The summed E-state index contributed by atoms with van der Waals surface area (Å²) in [5.41, 5.74) is 4.85. The van der Waals surface area contributed by atoms with Crippen LogP contribution in [0.4, 0.5) is 23.2 Å². The highest BCUT2D eigenvalue weighted by molar-refractivity contribution is 7.89. The number of nitrogens with zero attached hydrogens (tertiary/aromatic N) is 2. The van der Waals surface area contributed by atoms with Crippen molar-refractivity contribution in [1.82, 2.24) is 14.3 Å². The third kappa shape index (κ3) is 4.06. The first-order valence-corrected chi connectivity index (χ1v) is 10.1.